The average molecular weight is 469 g/mol. The molecule has 1 saturated heterocycles. The summed E-state index contributed by atoms with van der Waals surface area (Å²) in [4.78, 5) is 27.6. The van der Waals surface area contributed by atoms with Crippen LogP contribution in [0.25, 0.3) is 0 Å². The number of hydrogen-bond donors (Lipinski definition) is 0. The van der Waals surface area contributed by atoms with Gasteiger partial charge in [-0.05, 0) is 31.0 Å². The van der Waals surface area contributed by atoms with Crippen LogP contribution in [-0.4, -0.2) is 62.4 Å². The van der Waals surface area contributed by atoms with Crippen LogP contribution in [0.2, 0.25) is 0 Å². The van der Waals surface area contributed by atoms with E-state index in [4.69, 9.17) is 4.42 Å². The van der Waals surface area contributed by atoms with Crippen molar-refractivity contribution in [3.05, 3.63) is 64.4 Å². The van der Waals surface area contributed by atoms with Crippen molar-refractivity contribution in [3.63, 3.8) is 0 Å². The quantitative estimate of drug-likeness (QED) is 0.282. The molecule has 2 aliphatic rings. The minimum absolute atomic E-state index is 0.0303. The van der Waals surface area contributed by atoms with Gasteiger partial charge in [0.25, 0.3) is 5.69 Å². The molecule has 1 aliphatic heterocycles. The zero-order chi connectivity index (χ0) is 22.8. The summed E-state index contributed by atoms with van der Waals surface area (Å²) in [6.45, 7) is 2.72. The SMILES string of the molecule is O=C(CSc1nnc(C2CC2)n1Cc1ccco1)N1CCN(c2ccccc2[N+](=O)[O-])CC1. The van der Waals surface area contributed by atoms with Crippen molar-refractivity contribution in [2.75, 3.05) is 36.8 Å². The number of nitrogens with zero attached hydrogens (tertiary/aromatic N) is 6. The van der Waals surface area contributed by atoms with E-state index in [1.165, 1.54) is 17.8 Å². The Bertz CT molecular complexity index is 1140. The highest BCUT2D eigenvalue weighted by Crippen LogP contribution is 2.40. The molecule has 0 unspecified atom stereocenters. The van der Waals surface area contributed by atoms with Crippen LogP contribution in [0, 0.1) is 10.1 Å². The number of aromatic nitrogens is 3. The van der Waals surface area contributed by atoms with Gasteiger partial charge in [-0.2, -0.15) is 0 Å². The Labute approximate surface area is 194 Å². The Hall–Kier alpha value is -3.34. The van der Waals surface area contributed by atoms with Gasteiger partial charge in [-0.3, -0.25) is 19.5 Å². The summed E-state index contributed by atoms with van der Waals surface area (Å²) in [5, 5.41) is 20.8. The highest BCUT2D eigenvalue weighted by molar-refractivity contribution is 7.99. The molecule has 1 aromatic carbocycles. The van der Waals surface area contributed by atoms with Crippen molar-refractivity contribution >= 4 is 29.0 Å². The summed E-state index contributed by atoms with van der Waals surface area (Å²) in [5.74, 6) is 2.53. The van der Waals surface area contributed by atoms with Crippen LogP contribution < -0.4 is 4.90 Å². The Morgan fingerprint density at radius 1 is 1.12 bits per heavy atom. The van der Waals surface area contributed by atoms with Crippen molar-refractivity contribution in [2.45, 2.75) is 30.5 Å². The van der Waals surface area contributed by atoms with Gasteiger partial charge < -0.3 is 14.2 Å². The number of amides is 1. The number of thioether (sulfide) groups is 1. The van der Waals surface area contributed by atoms with Gasteiger partial charge in [-0.15, -0.1) is 10.2 Å². The molecule has 1 aliphatic carbocycles. The second-order valence-corrected chi connectivity index (χ2v) is 9.13. The van der Waals surface area contributed by atoms with Crippen LogP contribution in [0.15, 0.2) is 52.2 Å². The molecule has 10 nitrogen and oxygen atoms in total. The number of carbonyl (C=O) groups is 1. The van der Waals surface area contributed by atoms with E-state index in [0.29, 0.717) is 44.3 Å². The summed E-state index contributed by atoms with van der Waals surface area (Å²) in [5.41, 5.74) is 0.692. The van der Waals surface area contributed by atoms with E-state index in [1.807, 2.05) is 21.9 Å². The number of hydrogen-bond acceptors (Lipinski definition) is 8. The lowest BCUT2D eigenvalue weighted by Gasteiger charge is -2.35. The largest absolute Gasteiger partial charge is 0.467 e. The molecule has 0 atom stereocenters. The van der Waals surface area contributed by atoms with E-state index in [2.05, 4.69) is 14.8 Å². The van der Waals surface area contributed by atoms with E-state index in [9.17, 15) is 14.9 Å². The summed E-state index contributed by atoms with van der Waals surface area (Å²) < 4.78 is 7.56. The minimum Gasteiger partial charge on any atom is -0.467 e. The van der Waals surface area contributed by atoms with Gasteiger partial charge in [0.1, 0.15) is 17.3 Å². The van der Waals surface area contributed by atoms with Gasteiger partial charge in [0, 0.05) is 38.2 Å². The summed E-state index contributed by atoms with van der Waals surface area (Å²) >= 11 is 1.39. The Morgan fingerprint density at radius 2 is 1.91 bits per heavy atom. The fourth-order valence-corrected chi connectivity index (χ4v) is 4.91. The molecule has 3 heterocycles. The van der Waals surface area contributed by atoms with Gasteiger partial charge in [0.05, 0.1) is 23.5 Å². The lowest BCUT2D eigenvalue weighted by Crippen LogP contribution is -2.49. The normalized spacial score (nSPS) is 16.2. The fourth-order valence-electron chi connectivity index (χ4n) is 4.06. The van der Waals surface area contributed by atoms with E-state index in [1.54, 1.807) is 24.5 Å². The van der Waals surface area contributed by atoms with Crippen LogP contribution in [0.4, 0.5) is 11.4 Å². The zero-order valence-corrected chi connectivity index (χ0v) is 18.8. The number of nitro benzene ring substituents is 1. The molecule has 0 spiro atoms. The fraction of sp³-hybridized carbons (Fsp3) is 0.409. The minimum atomic E-state index is -0.363. The number of anilines is 1. The highest BCUT2D eigenvalue weighted by atomic mass is 32.2. The molecule has 11 heteroatoms. The molecule has 0 N–H and O–H groups in total. The molecule has 2 aromatic heterocycles. The van der Waals surface area contributed by atoms with Gasteiger partial charge in [0.2, 0.25) is 5.91 Å². The Morgan fingerprint density at radius 3 is 2.61 bits per heavy atom. The maximum atomic E-state index is 12.9. The maximum absolute atomic E-state index is 12.9. The second-order valence-electron chi connectivity index (χ2n) is 8.18. The number of para-hydroxylation sites is 2. The first kappa shape index (κ1) is 21.5. The van der Waals surface area contributed by atoms with E-state index >= 15 is 0 Å². The topological polar surface area (TPSA) is 111 Å². The Kier molecular flexibility index (Phi) is 6.03. The highest BCUT2D eigenvalue weighted by Gasteiger charge is 2.31. The summed E-state index contributed by atoms with van der Waals surface area (Å²) in [6, 6.07) is 10.5. The molecule has 5 rings (SSSR count). The van der Waals surface area contributed by atoms with Crippen molar-refractivity contribution < 1.29 is 14.1 Å². The third-order valence-electron chi connectivity index (χ3n) is 5.96. The molecule has 1 saturated carbocycles. The molecule has 2 fully saturated rings. The standard InChI is InChI=1S/C22H24N6O4S/c29-20(26-11-9-25(10-12-26)18-5-1-2-6-19(18)28(30)31)15-33-22-24-23-21(16-7-8-16)27(22)14-17-4-3-13-32-17/h1-6,13,16H,7-12,14-15H2. The molecule has 172 valence electrons. The second kappa shape index (κ2) is 9.26. The average Bonchev–Trinajstić information content (AvgIpc) is 3.40. The van der Waals surface area contributed by atoms with E-state index in [0.717, 1.165) is 29.6 Å². The lowest BCUT2D eigenvalue weighted by molar-refractivity contribution is -0.384. The first-order chi connectivity index (χ1) is 16.1. The van der Waals surface area contributed by atoms with Crippen LogP contribution in [0.5, 0.6) is 0 Å². The Balaban J connectivity index is 1.19. The zero-order valence-electron chi connectivity index (χ0n) is 18.0. The van der Waals surface area contributed by atoms with Gasteiger partial charge >= 0.3 is 0 Å². The number of nitro groups is 1. The molecule has 0 radical (unpaired) electrons. The molecule has 3 aromatic rings. The van der Waals surface area contributed by atoms with Crippen LogP contribution >= 0.6 is 11.8 Å². The molecular formula is C22H24N6O4S. The lowest BCUT2D eigenvalue weighted by atomic mass is 10.2. The van der Waals surface area contributed by atoms with Crippen molar-refractivity contribution in [3.8, 4) is 0 Å². The summed E-state index contributed by atoms with van der Waals surface area (Å²) in [7, 11) is 0. The van der Waals surface area contributed by atoms with Crippen LogP contribution in [0.1, 0.15) is 30.3 Å². The number of furan rings is 1. The number of piperazine rings is 1. The predicted octanol–water partition coefficient (Wildman–Crippen LogP) is 3.15. The number of benzene rings is 1. The van der Waals surface area contributed by atoms with Crippen molar-refractivity contribution in [2.24, 2.45) is 0 Å². The van der Waals surface area contributed by atoms with Gasteiger partial charge in [-0.25, -0.2) is 0 Å². The van der Waals surface area contributed by atoms with E-state index in [-0.39, 0.29) is 22.3 Å². The molecule has 0 bridgehead atoms. The monoisotopic (exact) mass is 468 g/mol. The van der Waals surface area contributed by atoms with E-state index < -0.39 is 0 Å². The van der Waals surface area contributed by atoms with Crippen LogP contribution in [-0.2, 0) is 11.3 Å². The number of carbonyl (C=O) groups excluding carboxylic acids is 1. The van der Waals surface area contributed by atoms with Crippen LogP contribution in [0.3, 0.4) is 0 Å². The van der Waals surface area contributed by atoms with Crippen molar-refractivity contribution in [1.82, 2.24) is 19.7 Å². The smallest absolute Gasteiger partial charge is 0.292 e. The summed E-state index contributed by atoms with van der Waals surface area (Å²) in [6.07, 6.45) is 3.88. The molecule has 33 heavy (non-hydrogen) atoms. The van der Waals surface area contributed by atoms with Crippen molar-refractivity contribution in [1.29, 1.82) is 0 Å². The number of rotatable bonds is 8. The third kappa shape index (κ3) is 4.72. The predicted molar refractivity (Wildman–Crippen MR) is 122 cm³/mol. The van der Waals surface area contributed by atoms with Gasteiger partial charge in [0.15, 0.2) is 5.16 Å². The first-order valence-electron chi connectivity index (χ1n) is 10.9. The molecule has 1 amide bonds. The first-order valence-corrected chi connectivity index (χ1v) is 11.9. The molecular weight excluding hydrogens is 444 g/mol. The maximum Gasteiger partial charge on any atom is 0.292 e. The third-order valence-corrected chi connectivity index (χ3v) is 6.91. The van der Waals surface area contributed by atoms with Gasteiger partial charge in [-0.1, -0.05) is 23.9 Å².